The lowest BCUT2D eigenvalue weighted by atomic mass is 9.33. The molecule has 84 heavy (non-hydrogen) atoms. The zero-order valence-electron chi connectivity index (χ0n) is 45.7. The maximum atomic E-state index is 2.62. The van der Waals surface area contributed by atoms with E-state index in [1.807, 2.05) is 0 Å². The second-order valence-corrected chi connectivity index (χ2v) is 23.1. The SMILES string of the molecule is c1ccc(-c2ccc(N3c4ccc(-c5ccccc5)cc4B4c5ccccc5-n5c6cc7c(cc6c6ccc3c4c65)c3ccc4c5c3n7-c3ccccc3B5c3cc(-c5ccccc5)ccc3N4c3ccc(-c4ccccc4)cc3)cc2)cc1. The molecule has 4 aliphatic rings. The van der Waals surface area contributed by atoms with Crippen molar-refractivity contribution < 1.29 is 0 Å². The van der Waals surface area contributed by atoms with Crippen molar-refractivity contribution in [3.8, 4) is 55.9 Å². The molecule has 19 rings (SSSR count). The van der Waals surface area contributed by atoms with Gasteiger partial charge in [0.05, 0.1) is 22.1 Å². The number of nitrogens with zero attached hydrogens (tertiary/aromatic N) is 4. The van der Waals surface area contributed by atoms with Gasteiger partial charge in [0, 0.05) is 67.0 Å². The summed E-state index contributed by atoms with van der Waals surface area (Å²) in [5.74, 6) is 0. The van der Waals surface area contributed by atoms with E-state index in [9.17, 15) is 0 Å². The molecule has 386 valence electrons. The highest BCUT2D eigenvalue weighted by Crippen LogP contribution is 2.48. The Morgan fingerprint density at radius 2 is 0.548 bits per heavy atom. The molecule has 0 atom stereocenters. The molecule has 6 heteroatoms. The molecular weight excluding hydrogens is 1010 g/mol. The van der Waals surface area contributed by atoms with Gasteiger partial charge in [0.25, 0.3) is 13.4 Å². The molecule has 15 aromatic rings. The van der Waals surface area contributed by atoms with Crippen LogP contribution in [0.4, 0.5) is 34.1 Å². The van der Waals surface area contributed by atoms with Crippen molar-refractivity contribution in [2.45, 2.75) is 0 Å². The summed E-state index contributed by atoms with van der Waals surface area (Å²) in [6.07, 6.45) is 0. The Kier molecular flexibility index (Phi) is 9.48. The van der Waals surface area contributed by atoms with Crippen LogP contribution in [0.1, 0.15) is 0 Å². The third-order valence-electron chi connectivity index (χ3n) is 18.9. The molecule has 0 fully saturated rings. The highest BCUT2D eigenvalue weighted by molar-refractivity contribution is 7.01. The van der Waals surface area contributed by atoms with Gasteiger partial charge in [0.2, 0.25) is 0 Å². The predicted molar refractivity (Wildman–Crippen MR) is 356 cm³/mol. The Hall–Kier alpha value is -10.8. The van der Waals surface area contributed by atoms with E-state index in [1.165, 1.54) is 155 Å². The lowest BCUT2D eigenvalue weighted by Crippen LogP contribution is -2.60. The molecule has 0 unspecified atom stereocenters. The van der Waals surface area contributed by atoms with Crippen molar-refractivity contribution in [2.24, 2.45) is 0 Å². The summed E-state index contributed by atoms with van der Waals surface area (Å²) in [6, 6.07) is 109. The van der Waals surface area contributed by atoms with Gasteiger partial charge in [-0.2, -0.15) is 0 Å². The van der Waals surface area contributed by atoms with Gasteiger partial charge in [-0.15, -0.1) is 0 Å². The standard InChI is InChI=1S/C78H48B2N4/c1-5-17-49(18-6-1)53-29-35-57(36-30-53)81-69-41-33-55(51-21-9-3-10-22-51)45-65(69)79-63-25-13-15-27-67(63)83-73-48-74-62(47-61(73)59-39-43-71(81)75(79)77(59)83)60-40-44-72-76-78(60)84(74)68-28-16-14-26-64(68)80(76)66-46-56(52-23-11-4-12-24-52)34-42-70(66)82(72)58-37-31-54(32-38-58)50-19-7-2-8-20-50/h1-48H. The summed E-state index contributed by atoms with van der Waals surface area (Å²) < 4.78 is 5.25. The van der Waals surface area contributed by atoms with Crippen molar-refractivity contribution in [3.63, 3.8) is 0 Å². The average Bonchev–Trinajstić information content (AvgIpc) is 2.99. The third-order valence-corrected chi connectivity index (χ3v) is 18.9. The summed E-state index contributed by atoms with van der Waals surface area (Å²) in [5, 5.41) is 5.06. The topological polar surface area (TPSA) is 16.3 Å². The maximum Gasteiger partial charge on any atom is 0.252 e. The van der Waals surface area contributed by atoms with Crippen molar-refractivity contribution >= 4 is 124 Å². The average molecular weight is 1060 g/mol. The van der Waals surface area contributed by atoms with Crippen LogP contribution in [-0.2, 0) is 0 Å². The Balaban J connectivity index is 0.870. The van der Waals surface area contributed by atoms with E-state index in [4.69, 9.17) is 0 Å². The van der Waals surface area contributed by atoms with Crippen molar-refractivity contribution in [3.05, 3.63) is 291 Å². The van der Waals surface area contributed by atoms with Crippen molar-refractivity contribution in [2.75, 3.05) is 9.80 Å². The number of hydrogen-bond acceptors (Lipinski definition) is 2. The first-order chi connectivity index (χ1) is 41.7. The largest absolute Gasteiger partial charge is 0.311 e. The van der Waals surface area contributed by atoms with Gasteiger partial charge >= 0.3 is 0 Å². The van der Waals surface area contributed by atoms with E-state index < -0.39 is 0 Å². The lowest BCUT2D eigenvalue weighted by Gasteiger charge is -2.40. The van der Waals surface area contributed by atoms with Crippen LogP contribution in [0.3, 0.4) is 0 Å². The summed E-state index contributed by atoms with van der Waals surface area (Å²) >= 11 is 0. The number of benzene rings is 13. The lowest BCUT2D eigenvalue weighted by molar-refractivity contribution is 1.17. The molecule has 0 radical (unpaired) electrons. The predicted octanol–water partition coefficient (Wildman–Crippen LogP) is 15.8. The van der Waals surface area contributed by atoms with Crippen LogP contribution in [0.2, 0.25) is 0 Å². The van der Waals surface area contributed by atoms with Gasteiger partial charge in [-0.1, -0.05) is 218 Å². The number of fused-ring (bicyclic) bond motifs is 16. The summed E-state index contributed by atoms with van der Waals surface area (Å²) in [7, 11) is 0. The van der Waals surface area contributed by atoms with Gasteiger partial charge in [0.15, 0.2) is 0 Å². The minimum atomic E-state index is 0.00277. The minimum absolute atomic E-state index is 0.00277. The molecule has 0 saturated heterocycles. The minimum Gasteiger partial charge on any atom is -0.311 e. The molecule has 0 spiro atoms. The molecule has 0 saturated carbocycles. The van der Waals surface area contributed by atoms with Gasteiger partial charge in [-0.05, 0) is 150 Å². The van der Waals surface area contributed by atoms with Gasteiger partial charge in [-0.25, -0.2) is 0 Å². The number of anilines is 6. The van der Waals surface area contributed by atoms with E-state index in [0.29, 0.717) is 0 Å². The van der Waals surface area contributed by atoms with E-state index in [-0.39, 0.29) is 13.4 Å². The smallest absolute Gasteiger partial charge is 0.252 e. The molecule has 0 N–H and O–H groups in total. The number of hydrogen-bond donors (Lipinski definition) is 0. The molecule has 6 heterocycles. The van der Waals surface area contributed by atoms with Crippen LogP contribution in [0.5, 0.6) is 0 Å². The Morgan fingerprint density at radius 3 is 0.952 bits per heavy atom. The van der Waals surface area contributed by atoms with E-state index >= 15 is 0 Å². The number of rotatable bonds is 6. The van der Waals surface area contributed by atoms with E-state index in [0.717, 1.165) is 11.4 Å². The molecule has 13 aromatic carbocycles. The highest BCUT2D eigenvalue weighted by Gasteiger charge is 2.45. The highest BCUT2D eigenvalue weighted by atomic mass is 15.2. The fourth-order valence-corrected chi connectivity index (χ4v) is 15.3. The first kappa shape index (κ1) is 45.9. The summed E-state index contributed by atoms with van der Waals surface area (Å²) in [4.78, 5) is 5.06. The monoisotopic (exact) mass is 1060 g/mol. The first-order valence-electron chi connectivity index (χ1n) is 29.3. The van der Waals surface area contributed by atoms with Crippen LogP contribution in [-0.4, -0.2) is 22.6 Å². The van der Waals surface area contributed by atoms with Gasteiger partial charge in [-0.3, -0.25) is 0 Å². The summed E-state index contributed by atoms with van der Waals surface area (Å²) in [6.45, 7) is 0.00553. The zero-order valence-corrected chi connectivity index (χ0v) is 45.7. The van der Waals surface area contributed by atoms with Crippen LogP contribution < -0.4 is 42.6 Å². The molecule has 0 amide bonds. The quantitative estimate of drug-likeness (QED) is 0.154. The Bertz CT molecular complexity index is 4920. The fourth-order valence-electron chi connectivity index (χ4n) is 15.3. The third kappa shape index (κ3) is 6.34. The normalized spacial score (nSPS) is 13.1. The van der Waals surface area contributed by atoms with Crippen LogP contribution in [0.15, 0.2) is 291 Å². The second kappa shape index (κ2) is 17.4. The molecule has 4 aliphatic heterocycles. The molecular formula is C78H48B2N4. The fraction of sp³-hybridized carbons (Fsp3) is 0. The Morgan fingerprint density at radius 1 is 0.214 bits per heavy atom. The maximum absolute atomic E-state index is 2.62. The van der Waals surface area contributed by atoms with E-state index in [2.05, 4.69) is 310 Å². The molecule has 4 nitrogen and oxygen atoms in total. The van der Waals surface area contributed by atoms with Gasteiger partial charge in [0.1, 0.15) is 0 Å². The first-order valence-corrected chi connectivity index (χ1v) is 29.3. The number of para-hydroxylation sites is 2. The van der Waals surface area contributed by atoms with Crippen LogP contribution in [0, 0.1) is 0 Å². The van der Waals surface area contributed by atoms with Crippen LogP contribution in [0.25, 0.3) is 99.5 Å². The van der Waals surface area contributed by atoms with Crippen molar-refractivity contribution in [1.82, 2.24) is 9.13 Å². The molecule has 2 aromatic heterocycles. The van der Waals surface area contributed by atoms with Gasteiger partial charge < -0.3 is 18.9 Å². The molecule has 0 aliphatic carbocycles. The van der Waals surface area contributed by atoms with Crippen LogP contribution >= 0.6 is 0 Å². The number of aromatic nitrogens is 2. The Labute approximate surface area is 487 Å². The van der Waals surface area contributed by atoms with Crippen molar-refractivity contribution in [1.29, 1.82) is 0 Å². The summed E-state index contributed by atoms with van der Waals surface area (Å²) in [5.41, 5.74) is 32.2. The molecule has 0 bridgehead atoms. The zero-order chi connectivity index (χ0) is 54.7. The second-order valence-electron chi connectivity index (χ2n) is 23.1. The van der Waals surface area contributed by atoms with E-state index in [1.54, 1.807) is 0 Å².